The molecule has 6 nitrogen and oxygen atoms in total. The van der Waals surface area contributed by atoms with Gasteiger partial charge in [-0.15, -0.1) is 11.8 Å². The average molecular weight is 455 g/mol. The molecule has 0 radical (unpaired) electrons. The number of benzene rings is 1. The van der Waals surface area contributed by atoms with Crippen LogP contribution < -0.4 is 0 Å². The van der Waals surface area contributed by atoms with Crippen LogP contribution in [0.15, 0.2) is 35.5 Å². The van der Waals surface area contributed by atoms with Crippen LogP contribution in [0, 0.1) is 23.7 Å². The zero-order valence-electron chi connectivity index (χ0n) is 18.4. The molecule has 0 amide bonds. The van der Waals surface area contributed by atoms with E-state index in [1.54, 1.807) is 46.9 Å². The van der Waals surface area contributed by atoms with E-state index in [0.29, 0.717) is 35.7 Å². The fraction of sp³-hybridized carbons (Fsp3) is 0.560. The maximum atomic E-state index is 13.5. The van der Waals surface area contributed by atoms with Crippen LogP contribution in [0.1, 0.15) is 72.6 Å². The lowest BCUT2D eigenvalue weighted by Crippen LogP contribution is -2.54. The molecule has 7 heteroatoms. The van der Waals surface area contributed by atoms with Gasteiger partial charge in [0.15, 0.2) is 5.78 Å². The van der Waals surface area contributed by atoms with Gasteiger partial charge in [0.2, 0.25) is 0 Å². The van der Waals surface area contributed by atoms with Crippen molar-refractivity contribution >= 4 is 23.5 Å². The zero-order chi connectivity index (χ0) is 22.5. The van der Waals surface area contributed by atoms with E-state index < -0.39 is 11.6 Å². The van der Waals surface area contributed by atoms with Gasteiger partial charge in [0, 0.05) is 6.42 Å². The molecule has 4 aliphatic carbocycles. The van der Waals surface area contributed by atoms with Crippen molar-refractivity contribution in [1.82, 2.24) is 9.78 Å². The number of carboxylic acids is 1. The zero-order valence-corrected chi connectivity index (χ0v) is 19.2. The Kier molecular flexibility index (Phi) is 5.66. The van der Waals surface area contributed by atoms with Crippen molar-refractivity contribution in [3.63, 3.8) is 0 Å². The van der Waals surface area contributed by atoms with Gasteiger partial charge in [-0.05, 0) is 92.2 Å². The number of carbonyl (C=O) groups is 2. The molecule has 3 unspecified atom stereocenters. The number of aromatic carboxylic acids is 1. The lowest BCUT2D eigenvalue weighted by Gasteiger charge is -2.58. The van der Waals surface area contributed by atoms with Crippen LogP contribution in [0.5, 0.6) is 0 Å². The van der Waals surface area contributed by atoms with Crippen LogP contribution in [0.25, 0.3) is 5.69 Å². The minimum atomic E-state index is -0.964. The third-order valence-electron chi connectivity index (χ3n) is 7.68. The van der Waals surface area contributed by atoms with E-state index in [1.165, 1.54) is 0 Å². The first-order valence-electron chi connectivity index (χ1n) is 11.7. The Morgan fingerprint density at radius 1 is 1.16 bits per heavy atom. The van der Waals surface area contributed by atoms with Crippen molar-refractivity contribution in [1.29, 1.82) is 0 Å². The van der Waals surface area contributed by atoms with Crippen LogP contribution in [-0.2, 0) is 0 Å². The Morgan fingerprint density at radius 2 is 1.84 bits per heavy atom. The largest absolute Gasteiger partial charge is 0.478 e. The fourth-order valence-corrected chi connectivity index (χ4v) is 7.53. The molecule has 170 valence electrons. The Bertz CT molecular complexity index is 1020. The summed E-state index contributed by atoms with van der Waals surface area (Å²) in [5, 5.41) is 25.4. The van der Waals surface area contributed by atoms with Crippen LogP contribution >= 0.6 is 11.8 Å². The monoisotopic (exact) mass is 454 g/mol. The summed E-state index contributed by atoms with van der Waals surface area (Å²) < 4.78 is 1.76. The fourth-order valence-electron chi connectivity index (χ4n) is 6.54. The second-order valence-corrected chi connectivity index (χ2v) is 11.0. The summed E-state index contributed by atoms with van der Waals surface area (Å²) in [5.41, 5.74) is 1.16. The number of hydrogen-bond donors (Lipinski definition) is 2. The van der Waals surface area contributed by atoms with Gasteiger partial charge in [0.05, 0.1) is 28.6 Å². The second-order valence-electron chi connectivity index (χ2n) is 9.96. The normalized spacial score (nSPS) is 30.6. The number of aromatic nitrogens is 2. The molecule has 2 aromatic rings. The van der Waals surface area contributed by atoms with Crippen molar-refractivity contribution in [3.8, 4) is 5.69 Å². The standard InChI is InChI=1S/C25H30N2O4S/c1-2-7-32-23-21(14-26-27(23)19-5-3-16(4-6-19)24(29)30)22(28)10-20-17-8-15-9-18(20)13-25(31,11-15)12-17/h3-6,14-15,17-18,20,31H,2,7-13H2,1H3,(H,29,30)/t15?,17-,18+,20?,25?. The summed E-state index contributed by atoms with van der Waals surface area (Å²) in [6.07, 6.45) is 8.15. The first kappa shape index (κ1) is 21.7. The van der Waals surface area contributed by atoms with E-state index in [0.717, 1.165) is 55.0 Å². The van der Waals surface area contributed by atoms with Crippen LogP contribution in [0.4, 0.5) is 0 Å². The quantitative estimate of drug-likeness (QED) is 0.438. The summed E-state index contributed by atoms with van der Waals surface area (Å²) in [5.74, 6) is 1.97. The van der Waals surface area contributed by atoms with Crippen molar-refractivity contribution in [2.45, 2.75) is 62.5 Å². The molecule has 1 heterocycles. The number of rotatable bonds is 8. The third kappa shape index (κ3) is 3.90. The van der Waals surface area contributed by atoms with E-state index in [9.17, 15) is 14.7 Å². The molecular weight excluding hydrogens is 424 g/mol. The third-order valence-corrected chi connectivity index (χ3v) is 8.96. The summed E-state index contributed by atoms with van der Waals surface area (Å²) in [4.78, 5) is 24.7. The van der Waals surface area contributed by atoms with Gasteiger partial charge < -0.3 is 10.2 Å². The maximum absolute atomic E-state index is 13.5. The van der Waals surface area contributed by atoms with Crippen LogP contribution in [0.2, 0.25) is 0 Å². The Balaban J connectivity index is 1.39. The molecule has 4 saturated carbocycles. The number of carboxylic acid groups (broad SMARTS) is 1. The topological polar surface area (TPSA) is 92.4 Å². The highest BCUT2D eigenvalue weighted by atomic mass is 32.2. The van der Waals surface area contributed by atoms with Gasteiger partial charge in [-0.2, -0.15) is 5.10 Å². The average Bonchev–Trinajstić information content (AvgIpc) is 3.17. The minimum Gasteiger partial charge on any atom is -0.478 e. The molecule has 4 aliphatic rings. The van der Waals surface area contributed by atoms with E-state index in [4.69, 9.17) is 5.11 Å². The summed E-state index contributed by atoms with van der Waals surface area (Å²) in [6.45, 7) is 2.11. The Labute approximate surface area is 192 Å². The Hall–Kier alpha value is -2.12. The van der Waals surface area contributed by atoms with E-state index in [2.05, 4.69) is 12.0 Å². The number of Topliss-reactive ketones (excluding diaryl/α,β-unsaturated/α-hetero) is 1. The molecule has 2 N–H and O–H groups in total. The first-order valence-corrected chi connectivity index (χ1v) is 12.7. The molecule has 4 fully saturated rings. The maximum Gasteiger partial charge on any atom is 0.335 e. The molecule has 0 spiro atoms. The summed E-state index contributed by atoms with van der Waals surface area (Å²) >= 11 is 1.63. The molecule has 0 aliphatic heterocycles. The molecule has 4 bridgehead atoms. The summed E-state index contributed by atoms with van der Waals surface area (Å²) in [7, 11) is 0. The van der Waals surface area contributed by atoms with Crippen LogP contribution in [0.3, 0.4) is 0 Å². The Morgan fingerprint density at radius 3 is 2.44 bits per heavy atom. The summed E-state index contributed by atoms with van der Waals surface area (Å²) in [6, 6.07) is 6.60. The highest BCUT2D eigenvalue weighted by Crippen LogP contribution is 2.59. The van der Waals surface area contributed by atoms with Crippen molar-refractivity contribution in [2.75, 3.05) is 5.75 Å². The molecule has 32 heavy (non-hydrogen) atoms. The van der Waals surface area contributed by atoms with Gasteiger partial charge in [-0.1, -0.05) is 6.92 Å². The lowest BCUT2D eigenvalue weighted by atomic mass is 9.49. The molecule has 6 rings (SSSR count). The predicted octanol–water partition coefficient (Wildman–Crippen LogP) is 4.83. The van der Waals surface area contributed by atoms with E-state index >= 15 is 0 Å². The first-order chi connectivity index (χ1) is 15.4. The second kappa shape index (κ2) is 8.34. The van der Waals surface area contributed by atoms with Crippen molar-refractivity contribution in [2.24, 2.45) is 23.7 Å². The number of aliphatic hydroxyl groups is 1. The molecule has 1 aromatic heterocycles. The number of hydrogen-bond acceptors (Lipinski definition) is 5. The number of nitrogens with zero attached hydrogens (tertiary/aromatic N) is 2. The molecular formula is C25H30N2O4S. The van der Waals surface area contributed by atoms with Crippen LogP contribution in [-0.4, -0.2) is 43.1 Å². The lowest BCUT2D eigenvalue weighted by molar-refractivity contribution is -0.151. The van der Waals surface area contributed by atoms with Gasteiger partial charge in [0.1, 0.15) is 5.03 Å². The SMILES string of the molecule is CCCSc1c(C(=O)CC2[C@@H]3CC4C[C@H]2CC(O)(C4)C3)cnn1-c1ccc(C(=O)O)cc1. The van der Waals surface area contributed by atoms with E-state index in [1.807, 2.05) is 0 Å². The van der Waals surface area contributed by atoms with Gasteiger partial charge >= 0.3 is 5.97 Å². The highest BCUT2D eigenvalue weighted by molar-refractivity contribution is 7.99. The van der Waals surface area contributed by atoms with Gasteiger partial charge in [-0.25, -0.2) is 9.48 Å². The minimum absolute atomic E-state index is 0.140. The number of thioether (sulfide) groups is 1. The molecule has 0 saturated heterocycles. The van der Waals surface area contributed by atoms with Crippen molar-refractivity contribution in [3.05, 3.63) is 41.6 Å². The number of ketones is 1. The van der Waals surface area contributed by atoms with Crippen molar-refractivity contribution < 1.29 is 19.8 Å². The molecule has 5 atom stereocenters. The molecule has 1 aromatic carbocycles. The highest BCUT2D eigenvalue weighted by Gasteiger charge is 2.54. The van der Waals surface area contributed by atoms with E-state index in [-0.39, 0.29) is 11.3 Å². The van der Waals surface area contributed by atoms with Gasteiger partial charge in [-0.3, -0.25) is 4.79 Å². The predicted molar refractivity (Wildman–Crippen MR) is 122 cm³/mol. The smallest absolute Gasteiger partial charge is 0.335 e. The number of carbonyl (C=O) groups excluding carboxylic acids is 1. The van der Waals surface area contributed by atoms with Gasteiger partial charge in [0.25, 0.3) is 0 Å².